The highest BCUT2D eigenvalue weighted by molar-refractivity contribution is 6.58. The van der Waals surface area contributed by atoms with Gasteiger partial charge in [-0.15, -0.1) is 0 Å². The molecular formula is C28H37BF2N4O3. The molecule has 1 atom stereocenters. The van der Waals surface area contributed by atoms with E-state index in [4.69, 9.17) is 4.74 Å². The number of nitrogens with zero attached hydrogens (tertiary/aromatic N) is 3. The van der Waals surface area contributed by atoms with E-state index in [1.54, 1.807) is 31.2 Å². The van der Waals surface area contributed by atoms with Crippen LogP contribution >= 0.6 is 0 Å². The highest BCUT2D eigenvalue weighted by atomic mass is 19.2. The van der Waals surface area contributed by atoms with Crippen molar-refractivity contribution in [3.8, 4) is 0 Å². The van der Waals surface area contributed by atoms with Gasteiger partial charge in [-0.05, 0) is 56.0 Å². The van der Waals surface area contributed by atoms with Crippen LogP contribution in [0.15, 0.2) is 40.3 Å². The van der Waals surface area contributed by atoms with Gasteiger partial charge in [0.15, 0.2) is 5.70 Å². The lowest BCUT2D eigenvalue weighted by Crippen LogP contribution is -2.50. The number of aliphatic hydroxyl groups is 1. The largest absolute Gasteiger partial charge is 0.737 e. The standard InChI is InChI=1S/C28H37BF2N4O3/c1-19-17-20(2)34-27(19)18-22-10-9-21(35(22)29(34,30)31)11-12-28(37)38-16-14-26-24-8-6-4-3-5-7-23(24)25(13-15-36)32-33-26/h9-10,17-18,24,32,36H,3-8,11-16H2,1-2H3. The van der Waals surface area contributed by atoms with Crippen molar-refractivity contribution in [2.75, 3.05) is 13.2 Å². The van der Waals surface area contributed by atoms with E-state index in [1.807, 2.05) is 6.92 Å². The lowest BCUT2D eigenvalue weighted by molar-refractivity contribution is -0.362. The SMILES string of the molecule is Cc1cc(C)n2c1C=C1C=CC(CCC(=O)OCCC3=NNC(CCO)=C4CCCCCCC34)=[N+]1[B-]2(F)F. The Morgan fingerprint density at radius 1 is 1.21 bits per heavy atom. The Kier molecular flexibility index (Phi) is 7.70. The Hall–Kier alpha value is -3.01. The van der Waals surface area contributed by atoms with Gasteiger partial charge in [-0.2, -0.15) is 5.10 Å². The molecule has 0 radical (unpaired) electrons. The molecule has 1 fully saturated rings. The zero-order chi connectivity index (χ0) is 26.9. The second-order valence-corrected chi connectivity index (χ2v) is 10.7. The maximum Gasteiger partial charge on any atom is 0.737 e. The molecular weight excluding hydrogens is 489 g/mol. The number of aliphatic hydroxyl groups excluding tert-OH is 1. The molecule has 0 aromatic carbocycles. The van der Waals surface area contributed by atoms with Gasteiger partial charge in [0.05, 0.1) is 13.0 Å². The van der Waals surface area contributed by atoms with Crippen molar-refractivity contribution in [3.05, 3.63) is 52.1 Å². The Balaban J connectivity index is 1.19. The summed E-state index contributed by atoms with van der Waals surface area (Å²) in [5, 5.41) is 14.0. The predicted molar refractivity (Wildman–Crippen MR) is 145 cm³/mol. The highest BCUT2D eigenvalue weighted by Crippen LogP contribution is 2.35. The summed E-state index contributed by atoms with van der Waals surface area (Å²) in [6.07, 6.45) is 13.2. The Bertz CT molecular complexity index is 1270. The lowest BCUT2D eigenvalue weighted by Gasteiger charge is -2.31. The van der Waals surface area contributed by atoms with E-state index in [0.717, 1.165) is 51.6 Å². The predicted octanol–water partition coefficient (Wildman–Crippen LogP) is 4.99. The van der Waals surface area contributed by atoms with Gasteiger partial charge in [-0.25, -0.2) is 0 Å². The topological polar surface area (TPSA) is 78.9 Å². The fraction of sp³-hybridized carbons (Fsp3) is 0.536. The van der Waals surface area contributed by atoms with E-state index in [9.17, 15) is 9.90 Å². The molecule has 0 bridgehead atoms. The number of nitrogens with one attached hydrogen (secondary N) is 1. The number of hydrazone groups is 1. The molecule has 3 aliphatic heterocycles. The molecule has 1 aromatic heterocycles. The number of hydrogen-bond acceptors (Lipinski definition) is 5. The first-order chi connectivity index (χ1) is 18.3. The molecule has 0 amide bonds. The normalized spacial score (nSPS) is 22.1. The number of fused-ring (bicyclic) bond motifs is 3. The summed E-state index contributed by atoms with van der Waals surface area (Å²) >= 11 is 0. The van der Waals surface area contributed by atoms with Gasteiger partial charge in [0, 0.05) is 67.1 Å². The highest BCUT2D eigenvalue weighted by Gasteiger charge is 2.52. The number of allylic oxidation sites excluding steroid dienone is 3. The minimum atomic E-state index is -4.03. The number of halogens is 2. The van der Waals surface area contributed by atoms with Crippen LogP contribution in [0, 0.1) is 19.8 Å². The number of ether oxygens (including phenoxy) is 1. The Morgan fingerprint density at radius 2 is 2.03 bits per heavy atom. The fourth-order valence-corrected chi connectivity index (χ4v) is 6.41. The van der Waals surface area contributed by atoms with Gasteiger partial charge in [-0.1, -0.05) is 19.3 Å². The summed E-state index contributed by atoms with van der Waals surface area (Å²) in [6, 6.07) is 1.78. The van der Waals surface area contributed by atoms with Crippen LogP contribution in [0.25, 0.3) is 6.08 Å². The van der Waals surface area contributed by atoms with E-state index in [1.165, 1.54) is 18.4 Å². The second-order valence-electron chi connectivity index (χ2n) is 10.7. The minimum absolute atomic E-state index is 0.0338. The minimum Gasteiger partial charge on any atom is -0.465 e. The number of rotatable bonds is 8. The average molecular weight is 526 g/mol. The summed E-state index contributed by atoms with van der Waals surface area (Å²) in [5.74, 6) is -0.168. The maximum atomic E-state index is 15.6. The second kappa shape index (κ2) is 11.0. The number of hydrogen-bond donors (Lipinski definition) is 2. The van der Waals surface area contributed by atoms with Crippen molar-refractivity contribution in [1.29, 1.82) is 0 Å². The van der Waals surface area contributed by atoms with Crippen LogP contribution in [0.4, 0.5) is 8.63 Å². The Morgan fingerprint density at radius 3 is 2.84 bits per heavy atom. The van der Waals surface area contributed by atoms with Crippen LogP contribution < -0.4 is 5.43 Å². The molecule has 4 heterocycles. The molecule has 0 spiro atoms. The molecule has 0 saturated heterocycles. The molecule has 204 valence electrons. The van der Waals surface area contributed by atoms with Crippen molar-refractivity contribution in [2.45, 2.75) is 78.1 Å². The van der Waals surface area contributed by atoms with Gasteiger partial charge in [0.1, 0.15) is 5.71 Å². The van der Waals surface area contributed by atoms with Crippen LogP contribution in [0.5, 0.6) is 0 Å². The smallest absolute Gasteiger partial charge is 0.465 e. The zero-order valence-corrected chi connectivity index (χ0v) is 22.3. The van der Waals surface area contributed by atoms with E-state index >= 15 is 8.63 Å². The van der Waals surface area contributed by atoms with E-state index in [0.29, 0.717) is 35.6 Å². The molecule has 38 heavy (non-hydrogen) atoms. The quantitative estimate of drug-likeness (QED) is 0.370. The molecule has 7 nitrogen and oxygen atoms in total. The Labute approximate surface area is 222 Å². The number of aryl methyl sites for hydroxylation is 2. The summed E-state index contributed by atoms with van der Waals surface area (Å²) in [6.45, 7) is -0.199. The van der Waals surface area contributed by atoms with Crippen molar-refractivity contribution in [3.63, 3.8) is 0 Å². The van der Waals surface area contributed by atoms with Gasteiger partial charge >= 0.3 is 12.9 Å². The molecule has 10 heteroatoms. The van der Waals surface area contributed by atoms with Crippen LogP contribution in [0.1, 0.15) is 81.2 Å². The first kappa shape index (κ1) is 26.6. The number of carbonyl (C=O) groups is 1. The third-order valence-electron chi connectivity index (χ3n) is 8.21. The van der Waals surface area contributed by atoms with Crippen molar-refractivity contribution in [1.82, 2.24) is 9.90 Å². The average Bonchev–Trinajstić information content (AvgIpc) is 3.40. The summed E-state index contributed by atoms with van der Waals surface area (Å²) in [5.41, 5.74) is 9.26. The van der Waals surface area contributed by atoms with Gasteiger partial charge in [-0.3, -0.25) is 10.2 Å². The molecule has 2 N–H and O–H groups in total. The van der Waals surface area contributed by atoms with Gasteiger partial charge in [0.25, 0.3) is 0 Å². The summed E-state index contributed by atoms with van der Waals surface area (Å²) in [4.78, 5) is 12.6. The monoisotopic (exact) mass is 526 g/mol. The first-order valence-electron chi connectivity index (χ1n) is 13.9. The van der Waals surface area contributed by atoms with Crippen LogP contribution in [0.2, 0.25) is 0 Å². The van der Waals surface area contributed by atoms with Crippen LogP contribution in [-0.4, -0.2) is 51.6 Å². The summed E-state index contributed by atoms with van der Waals surface area (Å²) < 4.78 is 38.9. The third kappa shape index (κ3) is 5.02. The summed E-state index contributed by atoms with van der Waals surface area (Å²) in [7, 11) is 0. The molecule has 5 rings (SSSR count). The zero-order valence-electron chi connectivity index (χ0n) is 22.3. The lowest BCUT2D eigenvalue weighted by atomic mass is 9.80. The molecule has 1 aromatic rings. The number of esters is 1. The first-order valence-corrected chi connectivity index (χ1v) is 13.9. The van der Waals surface area contributed by atoms with Crippen molar-refractivity contribution >= 4 is 30.4 Å². The van der Waals surface area contributed by atoms with E-state index < -0.39 is 12.9 Å². The fourth-order valence-electron chi connectivity index (χ4n) is 6.41. The molecule has 4 aliphatic rings. The molecule has 1 unspecified atom stereocenters. The third-order valence-corrected chi connectivity index (χ3v) is 8.21. The van der Waals surface area contributed by atoms with E-state index in [-0.39, 0.29) is 32.0 Å². The van der Waals surface area contributed by atoms with Gasteiger partial charge in [0.2, 0.25) is 0 Å². The van der Waals surface area contributed by atoms with Crippen LogP contribution in [0.3, 0.4) is 0 Å². The van der Waals surface area contributed by atoms with Crippen molar-refractivity contribution < 1.29 is 27.8 Å². The number of carbonyl (C=O) groups excluding carboxylic acids is 1. The molecule has 1 aliphatic carbocycles. The number of aromatic nitrogens is 1. The van der Waals surface area contributed by atoms with Gasteiger partial charge < -0.3 is 27.4 Å². The molecule has 1 saturated carbocycles. The maximum absolute atomic E-state index is 15.6. The van der Waals surface area contributed by atoms with E-state index in [2.05, 4.69) is 10.5 Å². The van der Waals surface area contributed by atoms with Crippen molar-refractivity contribution in [2.24, 2.45) is 11.0 Å². The van der Waals surface area contributed by atoms with Crippen LogP contribution in [-0.2, 0) is 9.53 Å².